The number of hydrogen-bond donors (Lipinski definition) is 1. The van der Waals surface area contributed by atoms with Gasteiger partial charge in [0.05, 0.1) is 22.7 Å². The highest BCUT2D eigenvalue weighted by molar-refractivity contribution is 7.92. The SMILES string of the molecule is CC[C@H](C)NC(=O)[C@H](C)N(Cc1ccc(OC)cc1)C(=O)CN(c1ccc(Cl)cc1Cl)S(=O)(=O)c1ccccc1. The quantitative estimate of drug-likeness (QED) is 0.293. The second kappa shape index (κ2) is 13.9. The Kier molecular flexibility index (Phi) is 10.8. The first-order valence-electron chi connectivity index (χ1n) is 12.7. The molecule has 11 heteroatoms. The van der Waals surface area contributed by atoms with E-state index in [1.807, 2.05) is 13.8 Å². The van der Waals surface area contributed by atoms with Gasteiger partial charge in [0.25, 0.3) is 10.0 Å². The molecule has 3 aromatic carbocycles. The third-order valence-electron chi connectivity index (χ3n) is 6.47. The molecule has 0 aromatic heterocycles. The summed E-state index contributed by atoms with van der Waals surface area (Å²) < 4.78 is 33.8. The van der Waals surface area contributed by atoms with Crippen LogP contribution in [-0.2, 0) is 26.2 Å². The largest absolute Gasteiger partial charge is 0.497 e. The van der Waals surface area contributed by atoms with Crippen molar-refractivity contribution in [3.8, 4) is 5.75 Å². The van der Waals surface area contributed by atoms with Crippen LogP contribution in [0.3, 0.4) is 0 Å². The maximum absolute atomic E-state index is 14.0. The van der Waals surface area contributed by atoms with Gasteiger partial charge in [0.1, 0.15) is 18.3 Å². The van der Waals surface area contributed by atoms with Gasteiger partial charge in [-0.05, 0) is 68.3 Å². The summed E-state index contributed by atoms with van der Waals surface area (Å²) in [6, 6.07) is 18.2. The highest BCUT2D eigenvalue weighted by Crippen LogP contribution is 2.33. The van der Waals surface area contributed by atoms with Crippen LogP contribution < -0.4 is 14.4 Å². The number of nitrogens with one attached hydrogen (secondary N) is 1. The Morgan fingerprint density at radius 3 is 2.20 bits per heavy atom. The van der Waals surface area contributed by atoms with E-state index in [-0.39, 0.29) is 34.1 Å². The highest BCUT2D eigenvalue weighted by Gasteiger charge is 2.33. The number of carbonyl (C=O) groups is 2. The zero-order valence-electron chi connectivity index (χ0n) is 22.8. The third kappa shape index (κ3) is 7.68. The fourth-order valence-electron chi connectivity index (χ4n) is 3.89. The molecule has 0 heterocycles. The number of methoxy groups -OCH3 is 1. The number of benzene rings is 3. The molecule has 0 aliphatic carbocycles. The van der Waals surface area contributed by atoms with Gasteiger partial charge in [-0.3, -0.25) is 13.9 Å². The number of rotatable bonds is 12. The van der Waals surface area contributed by atoms with Crippen LogP contribution in [0.25, 0.3) is 0 Å². The lowest BCUT2D eigenvalue weighted by Crippen LogP contribution is -2.52. The summed E-state index contributed by atoms with van der Waals surface area (Å²) in [5, 5.41) is 3.28. The maximum atomic E-state index is 14.0. The maximum Gasteiger partial charge on any atom is 0.264 e. The van der Waals surface area contributed by atoms with E-state index in [4.69, 9.17) is 27.9 Å². The lowest BCUT2D eigenvalue weighted by atomic mass is 10.1. The van der Waals surface area contributed by atoms with Crippen LogP contribution in [0, 0.1) is 0 Å². The molecular weight excluding hydrogens is 573 g/mol. The normalized spacial score (nSPS) is 12.8. The van der Waals surface area contributed by atoms with Crippen molar-refractivity contribution in [3.05, 3.63) is 88.4 Å². The molecule has 0 aliphatic heterocycles. The number of ether oxygens (including phenoxy) is 1. The lowest BCUT2D eigenvalue weighted by Gasteiger charge is -2.32. The summed E-state index contributed by atoms with van der Waals surface area (Å²) in [5.41, 5.74) is 0.823. The fourth-order valence-corrected chi connectivity index (χ4v) is 5.91. The Morgan fingerprint density at radius 1 is 0.975 bits per heavy atom. The summed E-state index contributed by atoms with van der Waals surface area (Å²) in [4.78, 5) is 28.4. The van der Waals surface area contributed by atoms with Gasteiger partial charge in [0.15, 0.2) is 0 Å². The van der Waals surface area contributed by atoms with Gasteiger partial charge < -0.3 is 15.0 Å². The smallest absolute Gasteiger partial charge is 0.264 e. The third-order valence-corrected chi connectivity index (χ3v) is 8.78. The van der Waals surface area contributed by atoms with E-state index in [0.29, 0.717) is 17.2 Å². The van der Waals surface area contributed by atoms with Gasteiger partial charge in [0, 0.05) is 17.6 Å². The van der Waals surface area contributed by atoms with Crippen LogP contribution in [0.2, 0.25) is 10.0 Å². The summed E-state index contributed by atoms with van der Waals surface area (Å²) in [6.07, 6.45) is 0.711. The van der Waals surface area contributed by atoms with Crippen molar-refractivity contribution in [1.82, 2.24) is 10.2 Å². The first kappa shape index (κ1) is 31.3. The average molecular weight is 607 g/mol. The summed E-state index contributed by atoms with van der Waals surface area (Å²) >= 11 is 12.5. The summed E-state index contributed by atoms with van der Waals surface area (Å²) in [5.74, 6) is -0.298. The number of sulfonamides is 1. The Morgan fingerprint density at radius 2 is 1.62 bits per heavy atom. The molecular formula is C29H33Cl2N3O5S. The molecule has 0 saturated heterocycles. The van der Waals surface area contributed by atoms with Crippen molar-refractivity contribution in [3.63, 3.8) is 0 Å². The molecule has 0 unspecified atom stereocenters. The van der Waals surface area contributed by atoms with Crippen LogP contribution in [0.1, 0.15) is 32.8 Å². The minimum Gasteiger partial charge on any atom is -0.497 e. The van der Waals surface area contributed by atoms with E-state index in [9.17, 15) is 18.0 Å². The minimum absolute atomic E-state index is 0.0157. The van der Waals surface area contributed by atoms with E-state index in [2.05, 4.69) is 5.32 Å². The monoisotopic (exact) mass is 605 g/mol. The first-order valence-corrected chi connectivity index (χ1v) is 14.9. The van der Waals surface area contributed by atoms with E-state index in [0.717, 1.165) is 9.87 Å². The number of nitrogens with zero attached hydrogens (tertiary/aromatic N) is 2. The number of hydrogen-bond acceptors (Lipinski definition) is 5. The van der Waals surface area contributed by atoms with Crippen LogP contribution in [0.5, 0.6) is 5.75 Å². The van der Waals surface area contributed by atoms with Crippen LogP contribution >= 0.6 is 23.2 Å². The topological polar surface area (TPSA) is 96.0 Å². The Bertz CT molecular complexity index is 1420. The molecule has 2 amide bonds. The number of halogens is 2. The van der Waals surface area contributed by atoms with Crippen molar-refractivity contribution < 1.29 is 22.7 Å². The summed E-state index contributed by atoms with van der Waals surface area (Å²) in [6.45, 7) is 4.89. The molecule has 0 bridgehead atoms. The number of carbonyl (C=O) groups excluding carboxylic acids is 2. The second-order valence-electron chi connectivity index (χ2n) is 9.28. The van der Waals surface area contributed by atoms with Gasteiger partial charge >= 0.3 is 0 Å². The number of amides is 2. The van der Waals surface area contributed by atoms with Crippen molar-refractivity contribution >= 4 is 50.7 Å². The summed E-state index contributed by atoms with van der Waals surface area (Å²) in [7, 11) is -2.68. The lowest BCUT2D eigenvalue weighted by molar-refractivity contribution is -0.139. The molecule has 0 spiro atoms. The minimum atomic E-state index is -4.23. The van der Waals surface area contributed by atoms with Crippen molar-refractivity contribution in [2.75, 3.05) is 18.0 Å². The van der Waals surface area contributed by atoms with E-state index in [1.54, 1.807) is 56.5 Å². The van der Waals surface area contributed by atoms with Crippen molar-refractivity contribution in [1.29, 1.82) is 0 Å². The van der Waals surface area contributed by atoms with Crippen LogP contribution in [0.15, 0.2) is 77.7 Å². The molecule has 0 saturated carbocycles. The predicted molar refractivity (Wildman–Crippen MR) is 158 cm³/mol. The predicted octanol–water partition coefficient (Wildman–Crippen LogP) is 5.53. The molecule has 8 nitrogen and oxygen atoms in total. The van der Waals surface area contributed by atoms with E-state index in [1.165, 1.54) is 35.2 Å². The van der Waals surface area contributed by atoms with Crippen LogP contribution in [-0.4, -0.2) is 50.9 Å². The van der Waals surface area contributed by atoms with Gasteiger partial charge in [-0.25, -0.2) is 8.42 Å². The average Bonchev–Trinajstić information content (AvgIpc) is 2.95. The molecule has 3 aromatic rings. The van der Waals surface area contributed by atoms with Crippen molar-refractivity contribution in [2.45, 2.75) is 50.7 Å². The molecule has 0 radical (unpaired) electrons. The molecule has 2 atom stereocenters. The standard InChI is InChI=1S/C29H33Cl2N3O5S/c1-5-20(2)32-29(36)21(3)33(18-22-11-14-24(39-4)15-12-22)28(35)19-34(27-16-13-23(30)17-26(27)31)40(37,38)25-9-7-6-8-10-25/h6-17,20-21H,5,18-19H2,1-4H3,(H,32,36)/t20-,21-/m0/s1. The molecule has 3 rings (SSSR count). The zero-order chi connectivity index (χ0) is 29.4. The zero-order valence-corrected chi connectivity index (χ0v) is 25.1. The van der Waals surface area contributed by atoms with E-state index < -0.39 is 28.5 Å². The Labute approximate surface area is 245 Å². The van der Waals surface area contributed by atoms with Gasteiger partial charge in [-0.2, -0.15) is 0 Å². The van der Waals surface area contributed by atoms with Gasteiger partial charge in [-0.1, -0.05) is 60.5 Å². The molecule has 40 heavy (non-hydrogen) atoms. The molecule has 214 valence electrons. The van der Waals surface area contributed by atoms with Gasteiger partial charge in [-0.15, -0.1) is 0 Å². The Balaban J connectivity index is 2.04. The van der Waals surface area contributed by atoms with Gasteiger partial charge in [0.2, 0.25) is 11.8 Å². The molecule has 0 aliphatic rings. The van der Waals surface area contributed by atoms with Crippen molar-refractivity contribution in [2.24, 2.45) is 0 Å². The first-order chi connectivity index (χ1) is 19.0. The number of anilines is 1. The van der Waals surface area contributed by atoms with E-state index >= 15 is 0 Å². The molecule has 1 N–H and O–H groups in total. The fraction of sp³-hybridized carbons (Fsp3) is 0.310. The molecule has 0 fully saturated rings. The Hall–Kier alpha value is -3.27. The highest BCUT2D eigenvalue weighted by atomic mass is 35.5. The second-order valence-corrected chi connectivity index (χ2v) is 12.0. The van der Waals surface area contributed by atoms with Crippen LogP contribution in [0.4, 0.5) is 5.69 Å².